The first kappa shape index (κ1) is 18.0. The molecule has 1 N–H and O–H groups in total. The van der Waals surface area contributed by atoms with Crippen molar-refractivity contribution in [3.05, 3.63) is 55.4 Å². The molecule has 0 aliphatic carbocycles. The Labute approximate surface area is 157 Å². The van der Waals surface area contributed by atoms with Crippen molar-refractivity contribution in [1.82, 2.24) is 0 Å². The quantitative estimate of drug-likeness (QED) is 0.470. The number of carboxylic acids is 1. The van der Waals surface area contributed by atoms with E-state index < -0.39 is 11.9 Å². The van der Waals surface area contributed by atoms with Gasteiger partial charge in [-0.2, -0.15) is 0 Å². The maximum absolute atomic E-state index is 11.8. The van der Waals surface area contributed by atoms with Crippen LogP contribution in [-0.2, 0) is 4.79 Å². The Balaban J connectivity index is 2.04. The minimum Gasteiger partial charge on any atom is -0.481 e. The number of esters is 1. The van der Waals surface area contributed by atoms with Gasteiger partial charge in [0.05, 0.1) is 4.47 Å². The molecule has 0 radical (unpaired) electrons. The predicted molar refractivity (Wildman–Crippen MR) is 94.1 cm³/mol. The van der Waals surface area contributed by atoms with Crippen molar-refractivity contribution in [3.63, 3.8) is 0 Å². The van der Waals surface area contributed by atoms with Gasteiger partial charge in [-0.3, -0.25) is 0 Å². The largest absolute Gasteiger partial charge is 0.481 e. The number of aromatic carboxylic acids is 1. The molecule has 0 fully saturated rings. The summed E-state index contributed by atoms with van der Waals surface area (Å²) in [5, 5.41) is 9.12. The molecule has 0 saturated heterocycles. The topological polar surface area (TPSA) is 72.8 Å². The fourth-order valence-electron chi connectivity index (χ4n) is 1.64. The number of hydrogen-bond donors (Lipinski definition) is 1. The molecule has 0 heterocycles. The Kier molecular flexibility index (Phi) is 6.20. The molecule has 0 aliphatic heterocycles. The summed E-state index contributed by atoms with van der Waals surface area (Å²) < 4.78 is 12.5. The molecule has 0 bridgehead atoms. The number of carbonyl (C=O) groups excluding carboxylic acids is 1. The highest BCUT2D eigenvalue weighted by Crippen LogP contribution is 2.28. The van der Waals surface area contributed by atoms with Gasteiger partial charge in [-0.15, -0.1) is 0 Å². The van der Waals surface area contributed by atoms with Crippen LogP contribution in [0.1, 0.15) is 10.4 Å². The third-order valence-electron chi connectivity index (χ3n) is 2.64. The van der Waals surface area contributed by atoms with Crippen LogP contribution < -0.4 is 9.47 Å². The SMILES string of the molecule is O=C(COc1ccc(Br)cc1Br)Oc1ccc(Br)cc1C(=O)O. The zero-order valence-electron chi connectivity index (χ0n) is 11.4. The van der Waals surface area contributed by atoms with Gasteiger partial charge in [0.15, 0.2) is 6.61 Å². The van der Waals surface area contributed by atoms with Crippen molar-refractivity contribution < 1.29 is 24.2 Å². The highest BCUT2D eigenvalue weighted by atomic mass is 79.9. The number of carbonyl (C=O) groups is 2. The molecule has 0 aliphatic rings. The maximum Gasteiger partial charge on any atom is 0.349 e. The summed E-state index contributed by atoms with van der Waals surface area (Å²) in [6, 6.07) is 9.57. The molecule has 2 aromatic carbocycles. The molecule has 0 unspecified atom stereocenters. The third kappa shape index (κ3) is 5.05. The van der Waals surface area contributed by atoms with Crippen LogP contribution in [0, 0.1) is 0 Å². The summed E-state index contributed by atoms with van der Waals surface area (Å²) in [5.41, 5.74) is -0.113. The van der Waals surface area contributed by atoms with Crippen LogP contribution in [0.4, 0.5) is 0 Å². The lowest BCUT2D eigenvalue weighted by Gasteiger charge is -2.10. The molecule has 2 rings (SSSR count). The first-order valence-electron chi connectivity index (χ1n) is 6.18. The number of hydrogen-bond acceptors (Lipinski definition) is 4. The van der Waals surface area contributed by atoms with E-state index in [0.717, 1.165) is 4.47 Å². The van der Waals surface area contributed by atoms with Gasteiger partial charge in [-0.05, 0) is 52.3 Å². The van der Waals surface area contributed by atoms with Gasteiger partial charge >= 0.3 is 11.9 Å². The van der Waals surface area contributed by atoms with Gasteiger partial charge in [0, 0.05) is 8.95 Å². The molecule has 23 heavy (non-hydrogen) atoms. The van der Waals surface area contributed by atoms with Gasteiger partial charge in [-0.25, -0.2) is 9.59 Å². The molecule has 0 aromatic heterocycles. The highest BCUT2D eigenvalue weighted by molar-refractivity contribution is 9.11. The molecule has 2 aromatic rings. The van der Waals surface area contributed by atoms with Crippen molar-refractivity contribution in [1.29, 1.82) is 0 Å². The molecular formula is C15H9Br3O5. The number of benzene rings is 2. The number of ether oxygens (including phenoxy) is 2. The van der Waals surface area contributed by atoms with Crippen molar-refractivity contribution in [3.8, 4) is 11.5 Å². The van der Waals surface area contributed by atoms with Crippen LogP contribution >= 0.6 is 47.8 Å². The lowest BCUT2D eigenvalue weighted by atomic mass is 10.2. The van der Waals surface area contributed by atoms with Crippen molar-refractivity contribution in [2.24, 2.45) is 0 Å². The summed E-state index contributed by atoms with van der Waals surface area (Å²) in [5.74, 6) is -1.46. The number of halogens is 3. The first-order valence-corrected chi connectivity index (χ1v) is 8.56. The van der Waals surface area contributed by atoms with Gasteiger partial charge in [0.25, 0.3) is 0 Å². The van der Waals surface area contributed by atoms with E-state index in [1.54, 1.807) is 24.3 Å². The second-order valence-corrected chi connectivity index (χ2v) is 6.97. The summed E-state index contributed by atoms with van der Waals surface area (Å²) in [6.45, 7) is -0.352. The van der Waals surface area contributed by atoms with Crippen LogP contribution in [0.5, 0.6) is 11.5 Å². The molecule has 5 nitrogen and oxygen atoms in total. The lowest BCUT2D eigenvalue weighted by Crippen LogP contribution is -2.19. The van der Waals surface area contributed by atoms with E-state index >= 15 is 0 Å². The van der Waals surface area contributed by atoms with E-state index in [4.69, 9.17) is 14.6 Å². The zero-order valence-corrected chi connectivity index (χ0v) is 16.1. The lowest BCUT2D eigenvalue weighted by molar-refractivity contribution is -0.136. The highest BCUT2D eigenvalue weighted by Gasteiger charge is 2.16. The van der Waals surface area contributed by atoms with Gasteiger partial charge in [0.2, 0.25) is 0 Å². The fraction of sp³-hybridized carbons (Fsp3) is 0.0667. The molecule has 0 atom stereocenters. The van der Waals surface area contributed by atoms with Crippen LogP contribution in [0.25, 0.3) is 0 Å². The average Bonchev–Trinajstić information content (AvgIpc) is 2.48. The van der Waals surface area contributed by atoms with Crippen molar-refractivity contribution in [2.45, 2.75) is 0 Å². The number of carboxylic acid groups (broad SMARTS) is 1. The maximum atomic E-state index is 11.8. The summed E-state index contributed by atoms with van der Waals surface area (Å²) in [4.78, 5) is 23.0. The van der Waals surface area contributed by atoms with Crippen LogP contribution in [0.3, 0.4) is 0 Å². The van der Waals surface area contributed by atoms with Gasteiger partial charge < -0.3 is 14.6 Å². The first-order chi connectivity index (χ1) is 10.9. The Morgan fingerprint density at radius 1 is 0.957 bits per heavy atom. The molecular weight excluding hydrogens is 500 g/mol. The molecule has 120 valence electrons. The van der Waals surface area contributed by atoms with E-state index in [1.165, 1.54) is 12.1 Å². The van der Waals surface area contributed by atoms with E-state index in [1.807, 2.05) is 0 Å². The summed E-state index contributed by atoms with van der Waals surface area (Å²) in [7, 11) is 0. The Morgan fingerprint density at radius 2 is 1.57 bits per heavy atom. The van der Waals surface area contributed by atoms with Crippen molar-refractivity contribution in [2.75, 3.05) is 6.61 Å². The van der Waals surface area contributed by atoms with Crippen LogP contribution in [0.2, 0.25) is 0 Å². The molecule has 0 saturated carbocycles. The Morgan fingerprint density at radius 3 is 2.17 bits per heavy atom. The molecule has 0 amide bonds. The van der Waals surface area contributed by atoms with E-state index in [9.17, 15) is 9.59 Å². The van der Waals surface area contributed by atoms with Crippen LogP contribution in [0.15, 0.2) is 49.8 Å². The summed E-state index contributed by atoms with van der Waals surface area (Å²) >= 11 is 9.79. The van der Waals surface area contributed by atoms with Crippen molar-refractivity contribution >= 4 is 59.7 Å². The second kappa shape index (κ2) is 7.94. The number of rotatable bonds is 5. The fourth-order valence-corrected chi connectivity index (χ4v) is 3.16. The van der Waals surface area contributed by atoms with E-state index in [0.29, 0.717) is 14.7 Å². The van der Waals surface area contributed by atoms with E-state index in [2.05, 4.69) is 47.8 Å². The van der Waals surface area contributed by atoms with Gasteiger partial charge in [0.1, 0.15) is 17.1 Å². The van der Waals surface area contributed by atoms with E-state index in [-0.39, 0.29) is 17.9 Å². The Bertz CT molecular complexity index is 761. The minimum absolute atomic E-state index is 0.0378. The minimum atomic E-state index is -1.19. The normalized spacial score (nSPS) is 10.2. The molecule has 0 spiro atoms. The predicted octanol–water partition coefficient (Wildman–Crippen LogP) is 4.66. The smallest absolute Gasteiger partial charge is 0.349 e. The second-order valence-electron chi connectivity index (χ2n) is 4.28. The zero-order chi connectivity index (χ0) is 17.0. The van der Waals surface area contributed by atoms with Gasteiger partial charge in [-0.1, -0.05) is 31.9 Å². The molecule has 8 heteroatoms. The summed E-state index contributed by atoms with van der Waals surface area (Å²) in [6.07, 6.45) is 0. The van der Waals surface area contributed by atoms with Crippen LogP contribution in [-0.4, -0.2) is 23.7 Å². The standard InChI is InChI=1S/C15H9Br3O5/c16-8-1-3-12(10(5-8)15(20)21)23-14(19)7-22-13-4-2-9(17)6-11(13)18/h1-6H,7H2,(H,20,21). The Hall–Kier alpha value is -1.38. The third-order valence-corrected chi connectivity index (χ3v) is 4.24. The monoisotopic (exact) mass is 506 g/mol. The average molecular weight is 509 g/mol.